The number of ether oxygens (including phenoxy) is 3. The minimum absolute atomic E-state index is 0.0709. The third-order valence-corrected chi connectivity index (χ3v) is 21.7. The van der Waals surface area contributed by atoms with Crippen LogP contribution in [0.15, 0.2) is 220 Å². The van der Waals surface area contributed by atoms with Crippen LogP contribution >= 0.6 is 46.4 Å². The molecule has 3 fully saturated rings. The number of carbonyl (C=O) groups excluding carboxylic acids is 1. The Balaban J connectivity index is 0.000000137. The van der Waals surface area contributed by atoms with Crippen LogP contribution in [0.3, 0.4) is 0 Å². The lowest BCUT2D eigenvalue weighted by molar-refractivity contribution is -0.121. The number of anilines is 3. The summed E-state index contributed by atoms with van der Waals surface area (Å²) >= 11 is 24.6. The summed E-state index contributed by atoms with van der Waals surface area (Å²) in [5, 5.41) is 27.8. The van der Waals surface area contributed by atoms with Gasteiger partial charge in [-0.1, -0.05) is 163 Å². The molecule has 7 aromatic rings. The molecule has 16 rings (SSSR count). The summed E-state index contributed by atoms with van der Waals surface area (Å²) in [6, 6.07) is 32.4. The van der Waals surface area contributed by atoms with E-state index in [0.717, 1.165) is 179 Å². The highest BCUT2D eigenvalue weighted by Crippen LogP contribution is 2.36. The van der Waals surface area contributed by atoms with Crippen LogP contribution < -0.4 is 47.3 Å². The number of halogens is 8. The van der Waals surface area contributed by atoms with Gasteiger partial charge in [0.15, 0.2) is 11.6 Å². The van der Waals surface area contributed by atoms with Gasteiger partial charge in [-0.05, 0) is 121 Å². The highest BCUT2D eigenvalue weighted by atomic mass is 35.5. The van der Waals surface area contributed by atoms with Crippen molar-refractivity contribution >= 4 is 104 Å². The van der Waals surface area contributed by atoms with Crippen molar-refractivity contribution in [2.75, 3.05) is 93.6 Å². The Morgan fingerprint density at radius 2 is 0.672 bits per heavy atom. The van der Waals surface area contributed by atoms with Gasteiger partial charge in [0.1, 0.15) is 18.0 Å². The molecule has 9 aliphatic rings. The second kappa shape index (κ2) is 41.0. The normalized spacial score (nSPS) is 21.2. The second-order valence-electron chi connectivity index (χ2n) is 29.6. The van der Waals surface area contributed by atoms with Gasteiger partial charge in [0.2, 0.25) is 5.91 Å². The summed E-state index contributed by atoms with van der Waals surface area (Å²) in [6.45, 7) is 40.1. The van der Waals surface area contributed by atoms with E-state index in [1.807, 2.05) is 66.4 Å². The molecule has 0 aliphatic carbocycles. The zero-order valence-corrected chi connectivity index (χ0v) is 69.0. The Morgan fingerprint density at radius 1 is 0.336 bits per heavy atom. The molecular formula is C87H97Cl4F4N17O4. The molecule has 0 bridgehead atoms. The maximum atomic E-state index is 14.5. The van der Waals surface area contributed by atoms with Crippen LogP contribution in [-0.2, 0) is 19.0 Å². The van der Waals surface area contributed by atoms with E-state index in [1.165, 1.54) is 24.5 Å². The van der Waals surface area contributed by atoms with E-state index < -0.39 is 11.6 Å². The summed E-state index contributed by atoms with van der Waals surface area (Å²) in [5.74, 6) is -1.01. The van der Waals surface area contributed by atoms with Crippen molar-refractivity contribution in [1.29, 1.82) is 0 Å². The van der Waals surface area contributed by atoms with Crippen molar-refractivity contribution in [3.63, 3.8) is 0 Å². The van der Waals surface area contributed by atoms with E-state index in [0.29, 0.717) is 107 Å². The number of hydrazone groups is 6. The quantitative estimate of drug-likeness (QED) is 0.0701. The summed E-state index contributed by atoms with van der Waals surface area (Å²) in [5.41, 5.74) is 36.5. The lowest BCUT2D eigenvalue weighted by Gasteiger charge is -2.30. The maximum Gasteiger partial charge on any atom is 0.240 e. The van der Waals surface area contributed by atoms with Gasteiger partial charge >= 0.3 is 0 Å². The molecule has 0 unspecified atom stereocenters. The Hall–Kier alpha value is -10.3. The molecule has 29 heteroatoms. The number of nitrogens with zero attached hydrogens (tertiary/aromatic N) is 11. The Bertz CT molecular complexity index is 4740. The molecule has 0 radical (unpaired) electrons. The second-order valence-corrected chi connectivity index (χ2v) is 31.2. The van der Waals surface area contributed by atoms with Gasteiger partial charge in [-0.2, -0.15) is 30.6 Å². The SMILES string of the molecule is C=C1C[C@@H](C)C(c2ccc(-c3cncnc3)cc2)=NN1.C=C1C[C@@H](C)C(c2ccc(Cl)c(Cl)c2)=NN1.C=C1C[C@@H](C)C(c2ccc(F)c(F)c2)=NN1.C=C1C[C@@H](C)C(c2ccc(N3CCOCC3)c(Cl)c2)=NN1.C=C1C[C@@H](C)C(c2ccc(N3CCOCC3)c(F)c2)=NN1.C[C@@H]1CC(=O)NN=C1c1cc(F)c(N2CCOCC2)c(Cl)c1. The average Bonchev–Trinajstić information content (AvgIpc) is 0.841. The molecule has 3 saturated heterocycles. The van der Waals surface area contributed by atoms with Crippen LogP contribution in [0.4, 0.5) is 34.6 Å². The van der Waals surface area contributed by atoms with E-state index in [1.54, 1.807) is 18.2 Å². The number of amides is 1. The topological polar surface area (TPSA) is 227 Å². The number of hydrogen-bond acceptors (Lipinski definition) is 20. The fourth-order valence-electron chi connectivity index (χ4n) is 14.4. The number of aromatic nitrogens is 2. The van der Waals surface area contributed by atoms with Crippen LogP contribution in [0.5, 0.6) is 0 Å². The largest absolute Gasteiger partial charge is 0.378 e. The predicted molar refractivity (Wildman–Crippen MR) is 460 cm³/mol. The van der Waals surface area contributed by atoms with Gasteiger partial charge in [0.25, 0.3) is 0 Å². The zero-order chi connectivity index (χ0) is 82.7. The Kier molecular flexibility index (Phi) is 30.6. The van der Waals surface area contributed by atoms with E-state index in [2.05, 4.69) is 175 Å². The van der Waals surface area contributed by atoms with Gasteiger partial charge in [0, 0.05) is 144 Å². The first-order valence-corrected chi connectivity index (χ1v) is 40.0. The molecule has 10 heterocycles. The smallest absolute Gasteiger partial charge is 0.240 e. The van der Waals surface area contributed by atoms with Crippen LogP contribution in [0.1, 0.15) is 113 Å². The van der Waals surface area contributed by atoms with Crippen molar-refractivity contribution in [3.8, 4) is 11.1 Å². The number of hydrogen-bond donors (Lipinski definition) is 6. The summed E-state index contributed by atoms with van der Waals surface area (Å²) in [4.78, 5) is 25.6. The standard InChI is InChI=1S/C16H20ClN3O.C16H20FN3O.C16H16N4.C15H17ClFN3O2.C12H12Cl2N2.C12H12F2N2/c2*1-11-9-12(2)18-19-16(11)13-3-4-15(14(17)10-13)20-5-7-21-8-6-20;1-11-7-12(2)19-20-16(11)14-5-3-13(4-6-14)15-8-17-10-18-9-15;1-9-6-13(21)18-19-14(9)10-7-11(16)15(12(17)8-10)20-2-4-22-5-3-20;2*1-7-5-8(2)15-16-12(7)9-3-4-10(13)11(14)6-9/h2*3-4,10-11,18H,2,5-9H2,1H3;3-6,8-11,19H,2,7H2,1H3;7-9H,2-6H2,1H3,(H,18,21);2*3-4,6-7,15H,2,5H2,1H3/t3*11-;9-;2*7-/m111111/s1. The number of carbonyl (C=O) groups is 1. The lowest BCUT2D eigenvalue weighted by atomic mass is 9.92. The molecule has 0 spiro atoms. The monoisotopic (exact) mass is 1660 g/mol. The zero-order valence-electron chi connectivity index (χ0n) is 65.9. The number of benzene rings is 6. The van der Waals surface area contributed by atoms with Crippen LogP contribution in [0.25, 0.3) is 11.1 Å². The molecule has 1 aromatic heterocycles. The van der Waals surface area contributed by atoms with E-state index in [9.17, 15) is 22.4 Å². The molecular weight excluding hydrogens is 1560 g/mol. The highest BCUT2D eigenvalue weighted by molar-refractivity contribution is 6.42. The number of rotatable bonds is 10. The molecule has 0 saturated carbocycles. The predicted octanol–water partition coefficient (Wildman–Crippen LogP) is 17.4. The molecule has 6 atom stereocenters. The van der Waals surface area contributed by atoms with Gasteiger partial charge in [0.05, 0.1) is 111 Å². The van der Waals surface area contributed by atoms with Gasteiger partial charge in [-0.3, -0.25) is 31.9 Å². The van der Waals surface area contributed by atoms with Crippen molar-refractivity contribution < 1.29 is 36.6 Å². The summed E-state index contributed by atoms with van der Waals surface area (Å²) < 4.78 is 70.8. The lowest BCUT2D eigenvalue weighted by Crippen LogP contribution is -2.37. The fraction of sp³-hybridized carbons (Fsp3) is 0.345. The minimum atomic E-state index is -0.850. The average molecular weight is 1660 g/mol. The van der Waals surface area contributed by atoms with Gasteiger partial charge in [-0.15, -0.1) is 0 Å². The molecule has 610 valence electrons. The van der Waals surface area contributed by atoms with Crippen LogP contribution in [-0.4, -0.2) is 129 Å². The Morgan fingerprint density at radius 3 is 1.09 bits per heavy atom. The van der Waals surface area contributed by atoms with Crippen LogP contribution in [0, 0.1) is 58.8 Å². The molecule has 6 N–H and O–H groups in total. The summed E-state index contributed by atoms with van der Waals surface area (Å²) in [7, 11) is 0. The molecule has 1 amide bonds. The third-order valence-electron chi connectivity index (χ3n) is 20.4. The number of nitrogens with one attached hydrogen (secondary N) is 6. The van der Waals surface area contributed by atoms with E-state index >= 15 is 0 Å². The molecule has 116 heavy (non-hydrogen) atoms. The first-order valence-electron chi connectivity index (χ1n) is 38.5. The first kappa shape index (κ1) is 86.6. The highest BCUT2D eigenvalue weighted by Gasteiger charge is 2.29. The fourth-order valence-corrected chi connectivity index (χ4v) is 15.3. The molecule has 9 aliphatic heterocycles. The Labute approximate surface area is 695 Å². The van der Waals surface area contributed by atoms with Crippen molar-refractivity contribution in [2.24, 2.45) is 66.1 Å². The van der Waals surface area contributed by atoms with Gasteiger partial charge < -0.3 is 28.9 Å². The van der Waals surface area contributed by atoms with Crippen molar-refractivity contribution in [2.45, 2.75) is 80.1 Å². The third kappa shape index (κ3) is 23.1. The molecule has 21 nitrogen and oxygen atoms in total. The van der Waals surface area contributed by atoms with Gasteiger partial charge in [-0.25, -0.2) is 33.0 Å². The van der Waals surface area contributed by atoms with Crippen molar-refractivity contribution in [1.82, 2.24) is 42.5 Å². The number of allylic oxidation sites excluding steroid dienone is 5. The molecule has 6 aromatic carbocycles. The number of morpholine rings is 3. The summed E-state index contributed by atoms with van der Waals surface area (Å²) in [6.07, 6.45) is 9.79. The first-order chi connectivity index (χ1) is 55.7. The van der Waals surface area contributed by atoms with E-state index in [-0.39, 0.29) is 35.3 Å². The van der Waals surface area contributed by atoms with Crippen molar-refractivity contribution in [3.05, 3.63) is 266 Å². The van der Waals surface area contributed by atoms with Crippen LogP contribution in [0.2, 0.25) is 20.1 Å². The van der Waals surface area contributed by atoms with E-state index in [4.69, 9.17) is 60.6 Å². The minimum Gasteiger partial charge on any atom is -0.378 e. The maximum absolute atomic E-state index is 14.5.